The molecule has 1 N–H and O–H groups in total. The van der Waals surface area contributed by atoms with Crippen LogP contribution in [-0.2, 0) is 5.54 Å². The van der Waals surface area contributed by atoms with Gasteiger partial charge in [-0.1, -0.05) is 56.4 Å². The molecule has 1 heteroatoms. The first-order valence-electron chi connectivity index (χ1n) is 8.12. The third-order valence-electron chi connectivity index (χ3n) is 3.34. The maximum atomic E-state index is 7.88. The number of nitrogens with one attached hydrogen (secondary N) is 1. The first-order valence-corrected chi connectivity index (χ1v) is 5.62. The molecule has 1 aliphatic carbocycles. The summed E-state index contributed by atoms with van der Waals surface area (Å²) < 4.78 is 38.0. The third-order valence-corrected chi connectivity index (χ3v) is 3.34. The SMILES string of the molecule is [2H]C([2H])([2H])C([2H])([2H])NC1(c2ccccc2)CCCCC1. The van der Waals surface area contributed by atoms with E-state index in [9.17, 15) is 0 Å². The second kappa shape index (κ2) is 4.80. The standard InChI is InChI=1S/C14H21N/c1-2-15-14(11-7-4-8-12-14)13-9-5-3-6-10-13/h3,5-6,9-10,15H,2,4,7-8,11-12H2,1H3/i1D3,2D2. The molecule has 2 rings (SSSR count). The van der Waals surface area contributed by atoms with Crippen LogP contribution in [0.1, 0.15) is 51.4 Å². The van der Waals surface area contributed by atoms with E-state index in [4.69, 9.17) is 6.85 Å². The second-order valence-electron chi connectivity index (χ2n) is 4.26. The number of benzene rings is 1. The van der Waals surface area contributed by atoms with E-state index >= 15 is 0 Å². The van der Waals surface area contributed by atoms with Crippen LogP contribution in [0, 0.1) is 0 Å². The highest BCUT2D eigenvalue weighted by Gasteiger charge is 2.32. The van der Waals surface area contributed by atoms with Gasteiger partial charge >= 0.3 is 0 Å². The zero-order chi connectivity index (χ0) is 14.9. The third kappa shape index (κ3) is 2.23. The molecule has 0 radical (unpaired) electrons. The molecule has 15 heavy (non-hydrogen) atoms. The van der Waals surface area contributed by atoms with Crippen LogP contribution in [0.3, 0.4) is 0 Å². The van der Waals surface area contributed by atoms with Gasteiger partial charge in [-0.3, -0.25) is 0 Å². The minimum atomic E-state index is -2.67. The molecule has 1 aliphatic rings. The van der Waals surface area contributed by atoms with Gasteiger partial charge in [-0.2, -0.15) is 0 Å². The van der Waals surface area contributed by atoms with Gasteiger partial charge in [-0.15, -0.1) is 0 Å². The second-order valence-corrected chi connectivity index (χ2v) is 4.26. The predicted octanol–water partition coefficient (Wildman–Crippen LogP) is 3.46. The molecule has 0 spiro atoms. The minimum absolute atomic E-state index is 0.572. The fourth-order valence-corrected chi connectivity index (χ4v) is 2.52. The molecule has 0 heterocycles. The average Bonchev–Trinajstić information content (AvgIpc) is 2.39. The van der Waals surface area contributed by atoms with Crippen LogP contribution < -0.4 is 5.32 Å². The molecular formula is C14H21N. The highest BCUT2D eigenvalue weighted by atomic mass is 15.0. The fraction of sp³-hybridized carbons (Fsp3) is 0.571. The number of hydrogen-bond donors (Lipinski definition) is 1. The van der Waals surface area contributed by atoms with Crippen molar-refractivity contribution in [2.75, 3.05) is 6.50 Å². The van der Waals surface area contributed by atoms with Crippen molar-refractivity contribution < 1.29 is 6.85 Å². The Bertz CT molecular complexity index is 435. The van der Waals surface area contributed by atoms with E-state index in [0.717, 1.165) is 37.7 Å². The van der Waals surface area contributed by atoms with Crippen molar-refractivity contribution in [1.29, 1.82) is 0 Å². The molecule has 1 saturated carbocycles. The Labute approximate surface area is 99.9 Å². The van der Waals surface area contributed by atoms with E-state index < -0.39 is 18.9 Å². The highest BCUT2D eigenvalue weighted by Crippen LogP contribution is 2.36. The zero-order valence-corrected chi connectivity index (χ0v) is 8.92. The van der Waals surface area contributed by atoms with Crippen LogP contribution in [0.2, 0.25) is 0 Å². The maximum Gasteiger partial charge on any atom is 0.0434 e. The number of rotatable bonds is 3. The first kappa shape index (κ1) is 6.05. The Kier molecular flexibility index (Phi) is 1.94. The lowest BCUT2D eigenvalue weighted by molar-refractivity contribution is 0.238. The normalized spacial score (nSPS) is 26.8. The molecule has 0 saturated heterocycles. The lowest BCUT2D eigenvalue weighted by Crippen LogP contribution is -2.43. The summed E-state index contributed by atoms with van der Waals surface area (Å²) >= 11 is 0. The molecule has 0 amide bonds. The molecule has 1 nitrogen and oxygen atoms in total. The van der Waals surface area contributed by atoms with Gasteiger partial charge in [-0.25, -0.2) is 0 Å². The molecule has 82 valence electrons. The van der Waals surface area contributed by atoms with Crippen LogP contribution in [0.4, 0.5) is 0 Å². The summed E-state index contributed by atoms with van der Waals surface area (Å²) in [4.78, 5) is 0. The van der Waals surface area contributed by atoms with Crippen LogP contribution in [0.15, 0.2) is 30.3 Å². The van der Waals surface area contributed by atoms with Gasteiger partial charge < -0.3 is 5.32 Å². The Hall–Kier alpha value is -0.820. The zero-order valence-electron chi connectivity index (χ0n) is 13.9. The summed E-state index contributed by atoms with van der Waals surface area (Å²) in [5.74, 6) is 0. The lowest BCUT2D eigenvalue weighted by atomic mass is 9.76. The van der Waals surface area contributed by atoms with Gasteiger partial charge in [0.1, 0.15) is 0 Å². The van der Waals surface area contributed by atoms with Crippen molar-refractivity contribution in [2.24, 2.45) is 0 Å². The summed E-state index contributed by atoms with van der Waals surface area (Å²) in [6, 6.07) is 9.65. The van der Waals surface area contributed by atoms with Crippen molar-refractivity contribution in [3.05, 3.63) is 35.9 Å². The molecule has 1 aromatic rings. The van der Waals surface area contributed by atoms with Gasteiger partial charge in [0, 0.05) is 12.4 Å². The summed E-state index contributed by atoms with van der Waals surface area (Å²) in [7, 11) is 0. The molecular weight excluding hydrogens is 182 g/mol. The molecule has 0 aromatic heterocycles. The molecule has 0 unspecified atom stereocenters. The van der Waals surface area contributed by atoms with Crippen LogP contribution in [0.5, 0.6) is 0 Å². The van der Waals surface area contributed by atoms with Crippen molar-refractivity contribution in [2.45, 2.75) is 44.5 Å². The number of hydrogen-bond acceptors (Lipinski definition) is 1. The highest BCUT2D eigenvalue weighted by molar-refractivity contribution is 5.25. The molecule has 0 bridgehead atoms. The van der Waals surface area contributed by atoms with Gasteiger partial charge in [0.05, 0.1) is 0 Å². The summed E-state index contributed by atoms with van der Waals surface area (Å²) in [5, 5.41) is 2.84. The van der Waals surface area contributed by atoms with E-state index in [-0.39, 0.29) is 0 Å². The van der Waals surface area contributed by atoms with Crippen molar-refractivity contribution in [3.8, 4) is 0 Å². The van der Waals surface area contributed by atoms with Crippen LogP contribution in [-0.4, -0.2) is 6.50 Å². The summed E-state index contributed by atoms with van der Waals surface area (Å²) in [6.45, 7) is -5.06. The fourth-order valence-electron chi connectivity index (χ4n) is 2.52. The Morgan fingerprint density at radius 3 is 2.67 bits per heavy atom. The summed E-state index contributed by atoms with van der Waals surface area (Å²) in [6.07, 6.45) is 4.63. The Morgan fingerprint density at radius 1 is 1.27 bits per heavy atom. The van der Waals surface area contributed by atoms with Gasteiger partial charge in [0.15, 0.2) is 0 Å². The Balaban J connectivity index is 2.34. The molecule has 1 fully saturated rings. The van der Waals surface area contributed by atoms with E-state index in [1.807, 2.05) is 30.3 Å². The van der Waals surface area contributed by atoms with Gasteiger partial charge in [0.2, 0.25) is 0 Å². The lowest BCUT2D eigenvalue weighted by Gasteiger charge is -2.38. The van der Waals surface area contributed by atoms with E-state index in [2.05, 4.69) is 5.32 Å². The van der Waals surface area contributed by atoms with Crippen molar-refractivity contribution in [1.82, 2.24) is 5.32 Å². The maximum absolute atomic E-state index is 7.88. The van der Waals surface area contributed by atoms with Crippen molar-refractivity contribution in [3.63, 3.8) is 0 Å². The van der Waals surface area contributed by atoms with Crippen molar-refractivity contribution >= 4 is 0 Å². The largest absolute Gasteiger partial charge is 0.308 e. The van der Waals surface area contributed by atoms with Crippen LogP contribution >= 0.6 is 0 Å². The summed E-state index contributed by atoms with van der Waals surface area (Å²) in [5.41, 5.74) is 0.407. The van der Waals surface area contributed by atoms with E-state index in [1.54, 1.807) is 0 Å². The van der Waals surface area contributed by atoms with E-state index in [1.165, 1.54) is 0 Å². The first-order chi connectivity index (χ1) is 9.27. The minimum Gasteiger partial charge on any atom is -0.308 e. The topological polar surface area (TPSA) is 12.0 Å². The molecule has 0 atom stereocenters. The van der Waals surface area contributed by atoms with Gasteiger partial charge in [-0.05, 0) is 24.9 Å². The quantitative estimate of drug-likeness (QED) is 0.802. The van der Waals surface area contributed by atoms with Crippen LogP contribution in [0.25, 0.3) is 0 Å². The Morgan fingerprint density at radius 2 is 2.00 bits per heavy atom. The van der Waals surface area contributed by atoms with Gasteiger partial charge in [0.25, 0.3) is 0 Å². The monoisotopic (exact) mass is 208 g/mol. The average molecular weight is 208 g/mol. The molecule has 1 aromatic carbocycles. The smallest absolute Gasteiger partial charge is 0.0434 e. The van der Waals surface area contributed by atoms with E-state index in [0.29, 0.717) is 0 Å². The molecule has 0 aliphatic heterocycles. The predicted molar refractivity (Wildman–Crippen MR) is 64.9 cm³/mol.